The molecule has 1 aliphatic rings. The molecule has 1 aromatic carbocycles. The van der Waals surface area contributed by atoms with Crippen LogP contribution in [0, 0.1) is 0 Å². The van der Waals surface area contributed by atoms with Gasteiger partial charge in [-0.05, 0) is 25.6 Å². The van der Waals surface area contributed by atoms with Gasteiger partial charge in [0, 0.05) is 45.2 Å². The summed E-state index contributed by atoms with van der Waals surface area (Å²) in [7, 11) is 2.14. The lowest BCUT2D eigenvalue weighted by atomic mass is 10.3. The van der Waals surface area contributed by atoms with Crippen LogP contribution in [0.15, 0.2) is 30.3 Å². The van der Waals surface area contributed by atoms with Crippen molar-refractivity contribution in [2.24, 2.45) is 0 Å². The molecule has 0 saturated carbocycles. The molecular formula is C19H26N8. The number of H-pyrrole nitrogens is 1. The van der Waals surface area contributed by atoms with Gasteiger partial charge in [0.05, 0.1) is 11.0 Å². The van der Waals surface area contributed by atoms with Gasteiger partial charge in [0.2, 0.25) is 5.95 Å². The van der Waals surface area contributed by atoms with E-state index in [1.54, 1.807) is 0 Å². The highest BCUT2D eigenvalue weighted by molar-refractivity contribution is 5.74. The molecule has 1 aliphatic heterocycles. The molecule has 4 N–H and O–H groups in total. The van der Waals surface area contributed by atoms with Gasteiger partial charge in [-0.15, -0.1) is 0 Å². The summed E-state index contributed by atoms with van der Waals surface area (Å²) in [5.74, 6) is 3.00. The largest absolute Gasteiger partial charge is 0.370 e. The number of nitrogens with zero attached hydrogens (tertiary/aromatic N) is 5. The van der Waals surface area contributed by atoms with Crippen molar-refractivity contribution < 1.29 is 0 Å². The first-order valence-electron chi connectivity index (χ1n) is 9.43. The van der Waals surface area contributed by atoms with Crippen molar-refractivity contribution in [3.63, 3.8) is 0 Å². The predicted octanol–water partition coefficient (Wildman–Crippen LogP) is 1.73. The molecule has 142 valence electrons. The van der Waals surface area contributed by atoms with Gasteiger partial charge >= 0.3 is 0 Å². The summed E-state index contributed by atoms with van der Waals surface area (Å²) >= 11 is 0. The summed E-state index contributed by atoms with van der Waals surface area (Å²) in [6.45, 7) is 4.78. The van der Waals surface area contributed by atoms with Crippen molar-refractivity contribution in [1.29, 1.82) is 0 Å². The van der Waals surface area contributed by atoms with Crippen molar-refractivity contribution in [2.75, 3.05) is 55.7 Å². The van der Waals surface area contributed by atoms with Gasteiger partial charge in [-0.25, -0.2) is 4.98 Å². The Kier molecular flexibility index (Phi) is 5.06. The van der Waals surface area contributed by atoms with Crippen molar-refractivity contribution in [3.05, 3.63) is 36.2 Å². The van der Waals surface area contributed by atoms with E-state index in [0.717, 1.165) is 74.1 Å². The molecule has 0 atom stereocenters. The highest BCUT2D eigenvalue weighted by atomic mass is 15.3. The zero-order chi connectivity index (χ0) is 18.6. The lowest BCUT2D eigenvalue weighted by Gasteiger charge is -2.33. The molecule has 1 saturated heterocycles. The SMILES string of the molecule is CN1CCN(c2cc(NCCCc3nc4ccccc4[nH]3)nc(N)n2)CC1. The zero-order valence-electron chi connectivity index (χ0n) is 15.6. The summed E-state index contributed by atoms with van der Waals surface area (Å²) < 4.78 is 0. The first kappa shape index (κ1) is 17.5. The minimum absolute atomic E-state index is 0.311. The summed E-state index contributed by atoms with van der Waals surface area (Å²) in [6.07, 6.45) is 1.83. The Morgan fingerprint density at radius 1 is 1.11 bits per heavy atom. The van der Waals surface area contributed by atoms with Gasteiger partial charge in [0.1, 0.15) is 17.5 Å². The van der Waals surface area contributed by atoms with Crippen LogP contribution in [0.4, 0.5) is 17.6 Å². The van der Waals surface area contributed by atoms with Gasteiger partial charge < -0.3 is 25.8 Å². The van der Waals surface area contributed by atoms with E-state index < -0.39 is 0 Å². The molecule has 0 amide bonds. The third-order valence-electron chi connectivity index (χ3n) is 4.89. The van der Waals surface area contributed by atoms with E-state index in [1.165, 1.54) is 0 Å². The van der Waals surface area contributed by atoms with Crippen molar-refractivity contribution in [3.8, 4) is 0 Å². The normalized spacial score (nSPS) is 15.4. The molecule has 0 radical (unpaired) electrons. The second-order valence-corrected chi connectivity index (χ2v) is 6.99. The molecule has 27 heavy (non-hydrogen) atoms. The number of aromatic nitrogens is 4. The molecule has 0 spiro atoms. The molecule has 0 bridgehead atoms. The summed E-state index contributed by atoms with van der Waals surface area (Å²) in [4.78, 5) is 21.3. The summed E-state index contributed by atoms with van der Waals surface area (Å²) in [5, 5.41) is 3.37. The number of aryl methyl sites for hydroxylation is 1. The third kappa shape index (κ3) is 4.28. The monoisotopic (exact) mass is 366 g/mol. The number of benzene rings is 1. The number of nitrogens with two attached hydrogens (primary N) is 1. The van der Waals surface area contributed by atoms with Gasteiger partial charge in [-0.1, -0.05) is 12.1 Å². The van der Waals surface area contributed by atoms with E-state index in [4.69, 9.17) is 5.73 Å². The molecule has 4 rings (SSSR count). The number of hydrogen-bond acceptors (Lipinski definition) is 7. The van der Waals surface area contributed by atoms with E-state index in [9.17, 15) is 0 Å². The lowest BCUT2D eigenvalue weighted by molar-refractivity contribution is 0.312. The number of para-hydroxylation sites is 2. The Bertz CT molecular complexity index is 865. The highest BCUT2D eigenvalue weighted by Crippen LogP contribution is 2.18. The molecule has 3 aromatic rings. The third-order valence-corrected chi connectivity index (χ3v) is 4.89. The van der Waals surface area contributed by atoms with Crippen LogP contribution >= 0.6 is 0 Å². The van der Waals surface area contributed by atoms with Crippen LogP contribution in [0.2, 0.25) is 0 Å². The molecule has 8 heteroatoms. The van der Waals surface area contributed by atoms with Gasteiger partial charge in [-0.2, -0.15) is 9.97 Å². The van der Waals surface area contributed by atoms with E-state index in [2.05, 4.69) is 42.1 Å². The first-order valence-corrected chi connectivity index (χ1v) is 9.43. The van der Waals surface area contributed by atoms with E-state index in [1.807, 2.05) is 30.3 Å². The average molecular weight is 366 g/mol. The number of anilines is 3. The first-order chi connectivity index (χ1) is 13.2. The Balaban J connectivity index is 1.32. The van der Waals surface area contributed by atoms with E-state index in [-0.39, 0.29) is 0 Å². The fourth-order valence-electron chi connectivity index (χ4n) is 3.34. The lowest BCUT2D eigenvalue weighted by Crippen LogP contribution is -2.44. The molecule has 8 nitrogen and oxygen atoms in total. The second kappa shape index (κ2) is 7.79. The van der Waals surface area contributed by atoms with Crippen molar-refractivity contribution in [2.45, 2.75) is 12.8 Å². The number of imidazole rings is 1. The number of nitrogen functional groups attached to an aromatic ring is 1. The van der Waals surface area contributed by atoms with Crippen LogP contribution in [-0.4, -0.2) is 64.6 Å². The predicted molar refractivity (Wildman–Crippen MR) is 109 cm³/mol. The number of aromatic amines is 1. The van der Waals surface area contributed by atoms with Crippen LogP contribution in [-0.2, 0) is 6.42 Å². The fourth-order valence-corrected chi connectivity index (χ4v) is 3.34. The highest BCUT2D eigenvalue weighted by Gasteiger charge is 2.16. The number of fused-ring (bicyclic) bond motifs is 1. The van der Waals surface area contributed by atoms with Crippen LogP contribution in [0.5, 0.6) is 0 Å². The molecule has 3 heterocycles. The zero-order valence-corrected chi connectivity index (χ0v) is 15.6. The quantitative estimate of drug-likeness (QED) is 0.571. The maximum atomic E-state index is 5.92. The van der Waals surface area contributed by atoms with E-state index >= 15 is 0 Å². The van der Waals surface area contributed by atoms with Crippen molar-refractivity contribution >= 4 is 28.6 Å². The second-order valence-electron chi connectivity index (χ2n) is 6.99. The molecule has 0 aliphatic carbocycles. The van der Waals surface area contributed by atoms with E-state index in [0.29, 0.717) is 5.95 Å². The number of hydrogen-bond donors (Lipinski definition) is 3. The Morgan fingerprint density at radius 2 is 1.93 bits per heavy atom. The van der Waals surface area contributed by atoms with Crippen LogP contribution in [0.25, 0.3) is 11.0 Å². The standard InChI is InChI=1S/C19H26N8/c1-26-9-11-27(12-10-26)18-13-17(24-19(20)25-18)21-8-4-7-16-22-14-5-2-3-6-15(14)23-16/h2-3,5-6,13H,4,7-12H2,1H3,(H,22,23)(H3,20,21,24,25). The number of likely N-dealkylation sites (N-methyl/N-ethyl adjacent to an activating group) is 1. The molecule has 1 fully saturated rings. The van der Waals surface area contributed by atoms with Gasteiger partial charge in [-0.3, -0.25) is 0 Å². The minimum Gasteiger partial charge on any atom is -0.370 e. The molecule has 0 unspecified atom stereocenters. The Morgan fingerprint density at radius 3 is 2.74 bits per heavy atom. The summed E-state index contributed by atoms with van der Waals surface area (Å²) in [6, 6.07) is 10.1. The summed E-state index contributed by atoms with van der Waals surface area (Å²) in [5.41, 5.74) is 8.02. The topological polar surface area (TPSA) is 99.0 Å². The number of piperazine rings is 1. The Labute approximate surface area is 158 Å². The fraction of sp³-hybridized carbons (Fsp3) is 0.421. The Hall–Kier alpha value is -2.87. The van der Waals surface area contributed by atoms with Crippen LogP contribution < -0.4 is 16.0 Å². The minimum atomic E-state index is 0.311. The maximum Gasteiger partial charge on any atom is 0.223 e. The van der Waals surface area contributed by atoms with Crippen LogP contribution in [0.3, 0.4) is 0 Å². The number of nitrogens with one attached hydrogen (secondary N) is 2. The number of rotatable bonds is 6. The molecular weight excluding hydrogens is 340 g/mol. The smallest absolute Gasteiger partial charge is 0.223 e. The van der Waals surface area contributed by atoms with Gasteiger partial charge in [0.25, 0.3) is 0 Å². The maximum absolute atomic E-state index is 5.92. The molecule has 2 aromatic heterocycles. The average Bonchev–Trinajstić information content (AvgIpc) is 3.08. The van der Waals surface area contributed by atoms with Gasteiger partial charge in [0.15, 0.2) is 0 Å². The van der Waals surface area contributed by atoms with Crippen molar-refractivity contribution in [1.82, 2.24) is 24.8 Å². The van der Waals surface area contributed by atoms with Crippen LogP contribution in [0.1, 0.15) is 12.2 Å².